The Bertz CT molecular complexity index is 487. The van der Waals surface area contributed by atoms with Crippen LogP contribution in [0.5, 0.6) is 0 Å². The molecule has 0 aliphatic carbocycles. The van der Waals surface area contributed by atoms with Gasteiger partial charge in [-0.1, -0.05) is 194 Å². The molecule has 1 radical (unpaired) electrons. The van der Waals surface area contributed by atoms with Crippen LogP contribution in [0.4, 0.5) is 0 Å². The Morgan fingerprint density at radius 3 is 0.667 bits per heavy atom. The van der Waals surface area contributed by atoms with Gasteiger partial charge in [0, 0.05) is 14.1 Å². The molecule has 0 fully saturated rings. The van der Waals surface area contributed by atoms with Gasteiger partial charge in [-0.05, 0) is 25.7 Å². The van der Waals surface area contributed by atoms with E-state index in [-0.39, 0.29) is 52.7 Å². The minimum Gasteiger partial charge on any atom is -0.688 e. The zero-order chi connectivity index (χ0) is 33.0. The first kappa shape index (κ1) is 51.3. The van der Waals surface area contributed by atoms with E-state index in [2.05, 4.69) is 13.8 Å². The molecule has 0 aliphatic heterocycles. The molecule has 0 aromatic carbocycles. The second kappa shape index (κ2) is 40.4. The molecule has 1 N–H and O–H groups in total. The molecule has 0 amide bonds. The molecule has 0 heterocycles. The van der Waals surface area contributed by atoms with Gasteiger partial charge in [0.1, 0.15) is 0 Å². The molecular weight excluding hydrogens is 741 g/mol. The van der Waals surface area contributed by atoms with Crippen molar-refractivity contribution in [3.05, 3.63) is 0 Å². The molecule has 0 aromatic rings. The third-order valence-corrected chi connectivity index (χ3v) is 10.3. The van der Waals surface area contributed by atoms with Gasteiger partial charge in [0.2, 0.25) is 0 Å². The van der Waals surface area contributed by atoms with Crippen LogP contribution in [0.3, 0.4) is 0 Å². The van der Waals surface area contributed by atoms with Gasteiger partial charge in [-0.3, -0.25) is 4.89 Å². The van der Waals surface area contributed by atoms with Crippen molar-refractivity contribution in [2.45, 2.75) is 219 Å². The smallest absolute Gasteiger partial charge is 0.688 e. The van der Waals surface area contributed by atoms with Crippen LogP contribution in [0.15, 0.2) is 0 Å². The first-order chi connectivity index (χ1) is 21.1. The van der Waals surface area contributed by atoms with Crippen molar-refractivity contribution in [1.29, 1.82) is 0 Å². The van der Waals surface area contributed by atoms with E-state index in [0.29, 0.717) is 12.8 Å². The fraction of sp³-hybridized carbons (Fsp3) is 1.00. The molecule has 0 rings (SSSR count). The van der Waals surface area contributed by atoms with Crippen LogP contribution < -0.4 is 24.5 Å². The zero-order valence-electron chi connectivity index (χ0n) is 29.8. The summed E-state index contributed by atoms with van der Waals surface area (Å²) in [6.45, 7) is 4.53. The van der Waals surface area contributed by atoms with Crippen molar-refractivity contribution in [3.8, 4) is 0 Å². The van der Waals surface area contributed by atoms with E-state index in [1.165, 1.54) is 167 Å². The largest absolute Gasteiger partial charge is 3.00 e. The van der Waals surface area contributed by atoms with E-state index in [1.807, 2.05) is 0 Å². The van der Waals surface area contributed by atoms with Crippen LogP contribution in [-0.4, -0.2) is 17.2 Å². The van der Waals surface area contributed by atoms with Crippen molar-refractivity contribution in [1.82, 2.24) is 0 Å². The van der Waals surface area contributed by atoms with Gasteiger partial charge in [-0.2, -0.15) is 7.94 Å². The summed E-state index contributed by atoms with van der Waals surface area (Å²) in [7, 11) is -8.26. The van der Waals surface area contributed by atoms with Gasteiger partial charge in [-0.25, -0.2) is 0 Å². The molecule has 0 atom stereocenters. The third-order valence-electron chi connectivity index (χ3n) is 8.58. The molecule has 9 heteroatoms. The number of hydrogen-bond acceptors (Lipinski definition) is 6. The van der Waals surface area contributed by atoms with Crippen LogP contribution in [0.25, 0.3) is 0 Å². The maximum atomic E-state index is 10.6. The van der Waals surface area contributed by atoms with Crippen LogP contribution in [0, 0.1) is 40.4 Å². The number of rotatable bonds is 34. The summed E-state index contributed by atoms with van der Waals surface area (Å²) < 4.78 is 0. The molecule has 0 unspecified atom stereocenters. The molecule has 6 nitrogen and oxygen atoms in total. The van der Waals surface area contributed by atoms with Gasteiger partial charge < -0.3 is 24.5 Å². The Morgan fingerprint density at radius 1 is 0.311 bits per heavy atom. The van der Waals surface area contributed by atoms with Crippen LogP contribution in [0.1, 0.15) is 219 Å². The van der Waals surface area contributed by atoms with E-state index < -0.39 is 15.9 Å². The molecule has 0 spiro atoms. The SMILES string of the molecule is CCCCCCCCCCCCCCCCCC[P+]([O-])([O-])O.CCCCCCCCCCCCCCCCCC[P+]([O-])([O-])[O-].[Sm+3]. The minimum atomic E-state index is -4.25. The van der Waals surface area contributed by atoms with Crippen LogP contribution in [0.2, 0.25) is 0 Å². The Kier molecular flexibility index (Phi) is 46.1. The summed E-state index contributed by atoms with van der Waals surface area (Å²) in [4.78, 5) is 61.1. The summed E-state index contributed by atoms with van der Waals surface area (Å²) in [5, 5.41) is 0. The van der Waals surface area contributed by atoms with Gasteiger partial charge in [-0.15, -0.1) is 0 Å². The second-order valence-corrected chi connectivity index (χ2v) is 16.7. The van der Waals surface area contributed by atoms with E-state index >= 15 is 0 Å². The van der Waals surface area contributed by atoms with Crippen molar-refractivity contribution in [2.24, 2.45) is 0 Å². The van der Waals surface area contributed by atoms with E-state index in [4.69, 9.17) is 4.89 Å². The molecular formula is C36H75O6P2Sm. The van der Waals surface area contributed by atoms with E-state index in [9.17, 15) is 24.5 Å². The predicted octanol–water partition coefficient (Wildman–Crippen LogP) is 8.81. The first-order valence-electron chi connectivity index (χ1n) is 19.2. The fourth-order valence-corrected chi connectivity index (χ4v) is 6.95. The maximum absolute atomic E-state index is 10.6. The average Bonchev–Trinajstić information content (AvgIpc) is 2.96. The maximum Gasteiger partial charge on any atom is 3.00 e. The fourth-order valence-electron chi connectivity index (χ4n) is 5.71. The molecule has 0 aromatic heterocycles. The normalized spacial score (nSPS) is 11.7. The third kappa shape index (κ3) is 55.6. The van der Waals surface area contributed by atoms with Crippen molar-refractivity contribution >= 4 is 15.9 Å². The predicted molar refractivity (Wildman–Crippen MR) is 185 cm³/mol. The summed E-state index contributed by atoms with van der Waals surface area (Å²) in [5.41, 5.74) is 0. The average molecular weight is 816 g/mol. The van der Waals surface area contributed by atoms with Crippen molar-refractivity contribution in [2.75, 3.05) is 12.3 Å². The Labute approximate surface area is 315 Å². The van der Waals surface area contributed by atoms with Gasteiger partial charge in [0.05, 0.1) is 6.16 Å². The second-order valence-electron chi connectivity index (χ2n) is 13.3. The van der Waals surface area contributed by atoms with Gasteiger partial charge in [0.15, 0.2) is 0 Å². The quantitative estimate of drug-likeness (QED) is 0.0510. The topological polar surface area (TPSA) is 136 Å². The Morgan fingerprint density at radius 2 is 0.489 bits per heavy atom. The summed E-state index contributed by atoms with van der Waals surface area (Å²) in [5.74, 6) is 0. The molecule has 0 saturated heterocycles. The summed E-state index contributed by atoms with van der Waals surface area (Å²) >= 11 is 0. The van der Waals surface area contributed by atoms with Crippen molar-refractivity contribution < 1.29 is 69.7 Å². The summed E-state index contributed by atoms with van der Waals surface area (Å²) in [6, 6.07) is 0. The van der Waals surface area contributed by atoms with Gasteiger partial charge in [0.25, 0.3) is 0 Å². The van der Waals surface area contributed by atoms with Crippen molar-refractivity contribution in [3.63, 3.8) is 0 Å². The standard InChI is InChI=1S/2C18H39O3P.Sm/c2*1-2-3-4-5-6-7-8-9-10-11-12-13-14-15-16-17-18-22(19,20)21;/h2*2-18H2,1H3,(H2,19,20,21);/q;;+3/p-3. The first-order valence-corrected chi connectivity index (χ1v) is 22.7. The van der Waals surface area contributed by atoms with Gasteiger partial charge >= 0.3 is 40.4 Å². The molecule has 0 aliphatic rings. The monoisotopic (exact) mass is 817 g/mol. The minimum absolute atomic E-state index is 0. The van der Waals surface area contributed by atoms with E-state index in [0.717, 1.165) is 25.7 Å². The Hall–Kier alpha value is 1.96. The van der Waals surface area contributed by atoms with Crippen LogP contribution in [-0.2, 0) is 0 Å². The van der Waals surface area contributed by atoms with Crippen LogP contribution >= 0.6 is 15.9 Å². The Balaban J connectivity index is -0.000000767. The summed E-state index contributed by atoms with van der Waals surface area (Å²) in [6.07, 6.45) is 40.2. The molecule has 271 valence electrons. The molecule has 0 saturated carbocycles. The molecule has 45 heavy (non-hydrogen) atoms. The molecule has 0 bridgehead atoms. The number of hydrogen-bond donors (Lipinski definition) is 1. The number of unbranched alkanes of at least 4 members (excludes halogenated alkanes) is 30. The van der Waals surface area contributed by atoms with E-state index in [1.54, 1.807) is 0 Å². The zero-order valence-corrected chi connectivity index (χ0v) is 34.2.